The van der Waals surface area contributed by atoms with E-state index in [1.54, 1.807) is 0 Å². The predicted molar refractivity (Wildman–Crippen MR) is 50.6 cm³/mol. The number of imide groups is 1. The maximum Gasteiger partial charge on any atom is 0.253 e. The molecule has 5 nitrogen and oxygen atoms in total. The van der Waals surface area contributed by atoms with Gasteiger partial charge in [-0.2, -0.15) is 0 Å². The van der Waals surface area contributed by atoms with Crippen LogP contribution in [0.1, 0.15) is 19.3 Å². The Balaban J connectivity index is 2.11. The Bertz CT molecular complexity index is 307. The second-order valence-corrected chi connectivity index (χ2v) is 3.98. The van der Waals surface area contributed by atoms with E-state index in [1.807, 2.05) is 0 Å². The Morgan fingerprint density at radius 2 is 1.73 bits per heavy atom. The van der Waals surface area contributed by atoms with Crippen LogP contribution >= 0.6 is 0 Å². The fourth-order valence-electron chi connectivity index (χ4n) is 2.15. The lowest BCUT2D eigenvalue weighted by molar-refractivity contribution is -0.145. The first-order chi connectivity index (χ1) is 7.09. The molecule has 0 saturated heterocycles. The molecule has 1 saturated carbocycles. The van der Waals surface area contributed by atoms with Gasteiger partial charge in [-0.1, -0.05) is 0 Å². The van der Waals surface area contributed by atoms with Gasteiger partial charge in [-0.05, 0) is 12.8 Å². The maximum absolute atomic E-state index is 11.4. The SMILES string of the molecule is O=C1C=CC(=O)N1C1CCC(O)CC1O. The van der Waals surface area contributed by atoms with Crippen LogP contribution in [-0.4, -0.2) is 45.2 Å². The Morgan fingerprint density at radius 1 is 1.13 bits per heavy atom. The van der Waals surface area contributed by atoms with Crippen molar-refractivity contribution in [1.82, 2.24) is 4.90 Å². The zero-order valence-electron chi connectivity index (χ0n) is 8.17. The van der Waals surface area contributed by atoms with Crippen molar-refractivity contribution in [2.75, 3.05) is 0 Å². The average Bonchev–Trinajstić information content (AvgIpc) is 2.48. The van der Waals surface area contributed by atoms with Crippen molar-refractivity contribution in [1.29, 1.82) is 0 Å². The molecule has 3 unspecified atom stereocenters. The molecule has 0 aromatic carbocycles. The highest BCUT2D eigenvalue weighted by Gasteiger charge is 2.38. The molecular weight excluding hydrogens is 198 g/mol. The number of hydrogen-bond acceptors (Lipinski definition) is 4. The number of hydrogen-bond donors (Lipinski definition) is 2. The molecule has 2 amide bonds. The van der Waals surface area contributed by atoms with Gasteiger partial charge in [-0.25, -0.2) is 0 Å². The van der Waals surface area contributed by atoms with Gasteiger partial charge in [0.2, 0.25) is 0 Å². The van der Waals surface area contributed by atoms with Crippen LogP contribution in [0.2, 0.25) is 0 Å². The quantitative estimate of drug-likeness (QED) is 0.556. The van der Waals surface area contributed by atoms with E-state index in [9.17, 15) is 19.8 Å². The summed E-state index contributed by atoms with van der Waals surface area (Å²) in [4.78, 5) is 23.8. The van der Waals surface area contributed by atoms with Crippen LogP contribution in [0.4, 0.5) is 0 Å². The highest BCUT2D eigenvalue weighted by Crippen LogP contribution is 2.25. The van der Waals surface area contributed by atoms with Crippen LogP contribution in [0.15, 0.2) is 12.2 Å². The van der Waals surface area contributed by atoms with E-state index in [0.717, 1.165) is 4.90 Å². The van der Waals surface area contributed by atoms with Gasteiger partial charge in [-0.3, -0.25) is 14.5 Å². The molecule has 1 fully saturated rings. The van der Waals surface area contributed by atoms with Gasteiger partial charge in [-0.15, -0.1) is 0 Å². The Morgan fingerprint density at radius 3 is 2.27 bits per heavy atom. The van der Waals surface area contributed by atoms with Crippen LogP contribution in [0, 0.1) is 0 Å². The van der Waals surface area contributed by atoms with E-state index in [1.165, 1.54) is 12.2 Å². The summed E-state index contributed by atoms with van der Waals surface area (Å²) >= 11 is 0. The minimum atomic E-state index is -0.818. The zero-order valence-corrected chi connectivity index (χ0v) is 8.17. The van der Waals surface area contributed by atoms with Crippen LogP contribution in [0.25, 0.3) is 0 Å². The summed E-state index contributed by atoms with van der Waals surface area (Å²) in [6, 6.07) is -0.483. The third kappa shape index (κ3) is 1.80. The molecule has 2 aliphatic rings. The molecule has 82 valence electrons. The summed E-state index contributed by atoms with van der Waals surface area (Å²) in [5.74, 6) is -0.749. The highest BCUT2D eigenvalue weighted by molar-refractivity contribution is 6.13. The molecule has 0 radical (unpaired) electrons. The number of carbonyl (C=O) groups is 2. The molecule has 0 spiro atoms. The lowest BCUT2D eigenvalue weighted by Gasteiger charge is -2.35. The van der Waals surface area contributed by atoms with Crippen molar-refractivity contribution in [3.63, 3.8) is 0 Å². The van der Waals surface area contributed by atoms with E-state index < -0.39 is 18.2 Å². The van der Waals surface area contributed by atoms with Crippen LogP contribution in [-0.2, 0) is 9.59 Å². The molecule has 5 heteroatoms. The van der Waals surface area contributed by atoms with Gasteiger partial charge in [0.05, 0.1) is 18.2 Å². The van der Waals surface area contributed by atoms with Crippen molar-refractivity contribution in [3.05, 3.63) is 12.2 Å². The third-order valence-corrected chi connectivity index (χ3v) is 2.93. The van der Waals surface area contributed by atoms with Gasteiger partial charge in [0.15, 0.2) is 0 Å². The third-order valence-electron chi connectivity index (χ3n) is 2.93. The van der Waals surface area contributed by atoms with Gasteiger partial charge < -0.3 is 10.2 Å². The van der Waals surface area contributed by atoms with E-state index in [2.05, 4.69) is 0 Å². The second kappa shape index (κ2) is 3.75. The molecule has 0 bridgehead atoms. The fourth-order valence-corrected chi connectivity index (χ4v) is 2.15. The Labute approximate surface area is 87.0 Å². The standard InChI is InChI=1S/C10H13NO4/c12-6-1-2-7(8(13)5-6)11-9(14)3-4-10(11)15/h3-4,6-8,12-13H,1-2,5H2. The number of rotatable bonds is 1. The Hall–Kier alpha value is -1.20. The van der Waals surface area contributed by atoms with Crippen molar-refractivity contribution < 1.29 is 19.8 Å². The van der Waals surface area contributed by atoms with Crippen molar-refractivity contribution in [3.8, 4) is 0 Å². The molecule has 1 aliphatic heterocycles. The molecule has 3 atom stereocenters. The number of aliphatic hydroxyl groups excluding tert-OH is 2. The van der Waals surface area contributed by atoms with E-state index >= 15 is 0 Å². The number of carbonyl (C=O) groups excluding carboxylic acids is 2. The topological polar surface area (TPSA) is 77.8 Å². The summed E-state index contributed by atoms with van der Waals surface area (Å²) in [6.45, 7) is 0. The summed E-state index contributed by atoms with van der Waals surface area (Å²) in [7, 11) is 0. The molecule has 2 rings (SSSR count). The molecular formula is C10H13NO4. The summed E-state index contributed by atoms with van der Waals surface area (Å²) in [5.41, 5.74) is 0. The highest BCUT2D eigenvalue weighted by atomic mass is 16.3. The van der Waals surface area contributed by atoms with Crippen LogP contribution < -0.4 is 0 Å². The van der Waals surface area contributed by atoms with E-state index in [4.69, 9.17) is 0 Å². The maximum atomic E-state index is 11.4. The first kappa shape index (κ1) is 10.3. The molecule has 0 aromatic rings. The number of nitrogens with zero attached hydrogens (tertiary/aromatic N) is 1. The molecule has 1 aliphatic carbocycles. The normalized spacial score (nSPS) is 36.4. The lowest BCUT2D eigenvalue weighted by Crippen LogP contribution is -2.50. The summed E-state index contributed by atoms with van der Waals surface area (Å²) in [6.07, 6.45) is 2.26. The molecule has 15 heavy (non-hydrogen) atoms. The van der Waals surface area contributed by atoms with Gasteiger partial charge >= 0.3 is 0 Å². The van der Waals surface area contributed by atoms with Gasteiger partial charge in [0.25, 0.3) is 11.8 Å². The molecule has 2 N–H and O–H groups in total. The summed E-state index contributed by atoms with van der Waals surface area (Å²) in [5, 5.41) is 19.0. The van der Waals surface area contributed by atoms with Crippen LogP contribution in [0.3, 0.4) is 0 Å². The first-order valence-corrected chi connectivity index (χ1v) is 5.01. The molecule has 0 aromatic heterocycles. The number of amides is 2. The monoisotopic (exact) mass is 211 g/mol. The minimum absolute atomic E-state index is 0.224. The lowest BCUT2D eigenvalue weighted by atomic mass is 9.89. The van der Waals surface area contributed by atoms with Crippen molar-refractivity contribution in [2.45, 2.75) is 37.5 Å². The minimum Gasteiger partial charge on any atom is -0.393 e. The van der Waals surface area contributed by atoms with Crippen molar-refractivity contribution >= 4 is 11.8 Å². The van der Waals surface area contributed by atoms with Crippen LogP contribution in [0.5, 0.6) is 0 Å². The summed E-state index contributed by atoms with van der Waals surface area (Å²) < 4.78 is 0. The molecule has 1 heterocycles. The predicted octanol–water partition coefficient (Wildman–Crippen LogP) is -0.814. The fraction of sp³-hybridized carbons (Fsp3) is 0.600. The first-order valence-electron chi connectivity index (χ1n) is 5.01. The van der Waals surface area contributed by atoms with E-state index in [0.29, 0.717) is 12.8 Å². The number of aliphatic hydroxyl groups is 2. The Kier molecular flexibility index (Phi) is 2.58. The van der Waals surface area contributed by atoms with E-state index in [-0.39, 0.29) is 18.2 Å². The average molecular weight is 211 g/mol. The zero-order chi connectivity index (χ0) is 11.0. The van der Waals surface area contributed by atoms with Crippen molar-refractivity contribution in [2.24, 2.45) is 0 Å². The second-order valence-electron chi connectivity index (χ2n) is 3.98. The smallest absolute Gasteiger partial charge is 0.253 e. The van der Waals surface area contributed by atoms with Gasteiger partial charge in [0.1, 0.15) is 0 Å². The largest absolute Gasteiger partial charge is 0.393 e. The van der Waals surface area contributed by atoms with Gasteiger partial charge in [0, 0.05) is 18.6 Å².